The molecule has 0 saturated heterocycles. The Morgan fingerprint density at radius 1 is 1.04 bits per heavy atom. The molecule has 0 spiro atoms. The van der Waals surface area contributed by atoms with E-state index < -0.39 is 7.12 Å². The van der Waals surface area contributed by atoms with Crippen LogP contribution in [-0.4, -0.2) is 39.5 Å². The van der Waals surface area contributed by atoms with Gasteiger partial charge in [-0.25, -0.2) is 0 Å². The van der Waals surface area contributed by atoms with E-state index in [0.29, 0.717) is 25.1 Å². The minimum Gasteiger partial charge on any atom is -0.423 e. The molecule has 1 aromatic heterocycles. The Bertz CT molecular complexity index is 959. The van der Waals surface area contributed by atoms with E-state index in [0.717, 1.165) is 22.2 Å². The van der Waals surface area contributed by atoms with Crippen LogP contribution in [0.3, 0.4) is 0 Å². The highest BCUT2D eigenvalue weighted by Gasteiger charge is 2.32. The monoisotopic (exact) mass is 362 g/mol. The first-order valence-corrected chi connectivity index (χ1v) is 9.25. The zero-order chi connectivity index (χ0) is 19.4. The Kier molecular flexibility index (Phi) is 5.89. The molecule has 1 amide bonds. The first-order valence-electron chi connectivity index (χ1n) is 9.25. The average molecular weight is 362 g/mol. The number of hydrogen-bond donors (Lipinski definition) is 2. The van der Waals surface area contributed by atoms with E-state index >= 15 is 0 Å². The van der Waals surface area contributed by atoms with Crippen molar-refractivity contribution in [3.8, 4) is 0 Å². The molecule has 3 aromatic rings. The average Bonchev–Trinajstić information content (AvgIpc) is 3.03. The molecule has 0 saturated carbocycles. The highest BCUT2D eigenvalue weighted by molar-refractivity contribution is 6.60. The van der Waals surface area contributed by atoms with Crippen LogP contribution in [0, 0.1) is 0 Å². The number of aromatic nitrogens is 1. The van der Waals surface area contributed by atoms with Crippen molar-refractivity contribution in [1.82, 2.24) is 9.88 Å². The number of pyridine rings is 1. The molecule has 0 atom stereocenters. The van der Waals surface area contributed by atoms with Gasteiger partial charge < -0.3 is 14.9 Å². The second kappa shape index (κ2) is 8.33. The van der Waals surface area contributed by atoms with Crippen LogP contribution < -0.4 is 5.46 Å². The van der Waals surface area contributed by atoms with Gasteiger partial charge in [-0.3, -0.25) is 9.78 Å². The lowest BCUT2D eigenvalue weighted by Crippen LogP contribution is -2.36. The topological polar surface area (TPSA) is 73.7 Å². The van der Waals surface area contributed by atoms with Crippen molar-refractivity contribution in [3.05, 3.63) is 71.4 Å². The molecule has 5 nitrogen and oxygen atoms in total. The third-order valence-corrected chi connectivity index (χ3v) is 4.62. The fourth-order valence-electron chi connectivity index (χ4n) is 3.34. The van der Waals surface area contributed by atoms with Crippen LogP contribution in [0.15, 0.2) is 54.6 Å². The maximum atomic E-state index is 12.6. The van der Waals surface area contributed by atoms with Gasteiger partial charge in [-0.1, -0.05) is 56.3 Å². The second-order valence-electron chi connectivity index (χ2n) is 6.23. The van der Waals surface area contributed by atoms with Gasteiger partial charge >= 0.3 is 7.12 Å². The lowest BCUT2D eigenvalue weighted by Gasteiger charge is -2.15. The normalized spacial score (nSPS) is 12.6. The van der Waals surface area contributed by atoms with Crippen molar-refractivity contribution >= 4 is 29.4 Å². The smallest absolute Gasteiger partial charge is 0.423 e. The summed E-state index contributed by atoms with van der Waals surface area (Å²) in [6.45, 7) is 5.03. The fourth-order valence-corrected chi connectivity index (χ4v) is 3.34. The molecule has 0 bridgehead atoms. The minimum atomic E-state index is -1.64. The lowest BCUT2D eigenvalue weighted by atomic mass is 9.76. The Hall–Kier alpha value is -2.70. The summed E-state index contributed by atoms with van der Waals surface area (Å²) in [4.78, 5) is 19.0. The number of hydrogen-bond acceptors (Lipinski definition) is 4. The quantitative estimate of drug-likeness (QED) is 0.698. The molecule has 1 aliphatic heterocycles. The van der Waals surface area contributed by atoms with E-state index in [-0.39, 0.29) is 11.4 Å². The summed E-state index contributed by atoms with van der Waals surface area (Å²) < 4.78 is 0. The predicted molar refractivity (Wildman–Crippen MR) is 108 cm³/mol. The number of amides is 1. The van der Waals surface area contributed by atoms with Gasteiger partial charge in [0.15, 0.2) is 0 Å². The molecule has 0 radical (unpaired) electrons. The Morgan fingerprint density at radius 3 is 2.59 bits per heavy atom. The zero-order valence-corrected chi connectivity index (χ0v) is 15.6. The molecular formula is C21H23BN2O3. The van der Waals surface area contributed by atoms with Crippen molar-refractivity contribution in [2.75, 3.05) is 6.54 Å². The van der Waals surface area contributed by atoms with Gasteiger partial charge in [0.05, 0.1) is 5.52 Å². The molecule has 0 unspecified atom stereocenters. The summed E-state index contributed by atoms with van der Waals surface area (Å²) >= 11 is 0. The Morgan fingerprint density at radius 2 is 1.81 bits per heavy atom. The van der Waals surface area contributed by atoms with E-state index in [9.17, 15) is 14.8 Å². The van der Waals surface area contributed by atoms with Crippen LogP contribution >= 0.6 is 0 Å². The van der Waals surface area contributed by atoms with Crippen LogP contribution in [-0.2, 0) is 13.0 Å². The van der Waals surface area contributed by atoms with Crippen LogP contribution in [0.4, 0.5) is 0 Å². The van der Waals surface area contributed by atoms with Crippen molar-refractivity contribution < 1.29 is 14.8 Å². The number of nitrogens with zero attached hydrogens (tertiary/aromatic N) is 2. The highest BCUT2D eigenvalue weighted by Crippen LogP contribution is 2.22. The molecule has 4 rings (SSSR count). The molecule has 2 heterocycles. The van der Waals surface area contributed by atoms with E-state index in [2.05, 4.69) is 4.98 Å². The molecule has 2 aromatic carbocycles. The Labute approximate surface area is 159 Å². The van der Waals surface area contributed by atoms with Crippen LogP contribution in [0.1, 0.15) is 35.5 Å². The summed E-state index contributed by atoms with van der Waals surface area (Å²) in [5.74, 6) is -0.153. The van der Waals surface area contributed by atoms with Gasteiger partial charge in [-0.2, -0.15) is 0 Å². The molecule has 0 fully saturated rings. The summed E-state index contributed by atoms with van der Waals surface area (Å²) in [5.41, 5.74) is 3.41. The maximum absolute atomic E-state index is 12.6. The van der Waals surface area contributed by atoms with Crippen molar-refractivity contribution in [1.29, 1.82) is 0 Å². The summed E-state index contributed by atoms with van der Waals surface area (Å²) in [7, 11) is -1.64. The van der Waals surface area contributed by atoms with Gasteiger partial charge in [0, 0.05) is 36.2 Å². The molecule has 1 aliphatic rings. The first kappa shape index (κ1) is 19.1. The first-order chi connectivity index (χ1) is 13.1. The minimum absolute atomic E-state index is 0.153. The third-order valence-electron chi connectivity index (χ3n) is 4.62. The van der Waals surface area contributed by atoms with Crippen LogP contribution in [0.2, 0.25) is 0 Å². The van der Waals surface area contributed by atoms with E-state index in [1.807, 2.05) is 56.3 Å². The number of carbonyl (C=O) groups excluding carboxylic acids is 1. The molecule has 6 heteroatoms. The van der Waals surface area contributed by atoms with Gasteiger partial charge in [-0.15, -0.1) is 0 Å². The van der Waals surface area contributed by atoms with Crippen LogP contribution in [0.25, 0.3) is 10.9 Å². The SMILES string of the molecule is CC.O=C1c2c(cccc2B(O)O)CN1CCc1ccc2ccccc2n1. The van der Waals surface area contributed by atoms with Crippen molar-refractivity contribution in [2.45, 2.75) is 26.8 Å². The molecule has 138 valence electrons. The fraction of sp³-hybridized carbons (Fsp3) is 0.238. The van der Waals surface area contributed by atoms with Gasteiger partial charge in [0.2, 0.25) is 0 Å². The predicted octanol–water partition coefficient (Wildman–Crippen LogP) is 2.14. The van der Waals surface area contributed by atoms with E-state index in [4.69, 9.17) is 0 Å². The summed E-state index contributed by atoms with van der Waals surface area (Å²) in [6.07, 6.45) is 0.654. The number of rotatable bonds is 4. The molecule has 0 aliphatic carbocycles. The number of carbonyl (C=O) groups is 1. The lowest BCUT2D eigenvalue weighted by molar-refractivity contribution is 0.0780. The largest absolute Gasteiger partial charge is 0.489 e. The van der Waals surface area contributed by atoms with Gasteiger partial charge in [0.25, 0.3) is 5.91 Å². The van der Waals surface area contributed by atoms with Crippen molar-refractivity contribution in [3.63, 3.8) is 0 Å². The molecule has 27 heavy (non-hydrogen) atoms. The van der Waals surface area contributed by atoms with Crippen LogP contribution in [0.5, 0.6) is 0 Å². The van der Waals surface area contributed by atoms with E-state index in [1.54, 1.807) is 17.0 Å². The molecule has 2 N–H and O–H groups in total. The number of para-hydroxylation sites is 1. The Balaban J connectivity index is 0.00000102. The summed E-state index contributed by atoms with van der Waals surface area (Å²) in [6, 6.07) is 17.1. The number of benzene rings is 2. The van der Waals surface area contributed by atoms with Crippen molar-refractivity contribution in [2.24, 2.45) is 0 Å². The summed E-state index contributed by atoms with van der Waals surface area (Å²) in [5, 5.41) is 20.0. The van der Waals surface area contributed by atoms with Gasteiger partial charge in [-0.05, 0) is 23.2 Å². The molecular weight excluding hydrogens is 339 g/mol. The highest BCUT2D eigenvalue weighted by atomic mass is 16.4. The maximum Gasteiger partial charge on any atom is 0.489 e. The third kappa shape index (κ3) is 3.87. The second-order valence-corrected chi connectivity index (χ2v) is 6.23. The standard InChI is InChI=1S/C19H17BN2O3.C2H6/c23-19-18-14(5-3-6-16(18)20(24)25)12-22(19)11-10-15-9-8-13-4-1-2-7-17(13)21-15;1-2/h1-9,24-25H,10-12H2;1-2H3. The zero-order valence-electron chi connectivity index (χ0n) is 15.6. The van der Waals surface area contributed by atoms with Gasteiger partial charge in [0.1, 0.15) is 0 Å². The number of fused-ring (bicyclic) bond motifs is 2. The van der Waals surface area contributed by atoms with E-state index in [1.165, 1.54) is 0 Å².